The van der Waals surface area contributed by atoms with E-state index in [4.69, 9.17) is 5.73 Å². The number of anilines is 1. The number of hydrogen-bond donors (Lipinski definition) is 1. The molecule has 1 rings (SSSR count). The molecule has 1 aromatic rings. The molecule has 0 aliphatic carbocycles. The summed E-state index contributed by atoms with van der Waals surface area (Å²) in [4.78, 5) is 10.9. The van der Waals surface area contributed by atoms with E-state index in [1.807, 2.05) is 0 Å². The quantitative estimate of drug-likeness (QED) is 0.513. The predicted octanol–water partition coefficient (Wildman–Crippen LogP) is 1.92. The van der Waals surface area contributed by atoms with Crippen LogP contribution in [0.2, 0.25) is 0 Å². The third-order valence-electron chi connectivity index (χ3n) is 1.72. The zero-order chi connectivity index (χ0) is 9.30. The van der Waals surface area contributed by atoms with Crippen molar-refractivity contribution >= 4 is 11.5 Å². The summed E-state index contributed by atoms with van der Waals surface area (Å²) < 4.78 is 13.2. The molecular weight excluding hydrogens is 157 g/mol. The maximum Gasteiger partial charge on any atom is 0.164 e. The van der Waals surface area contributed by atoms with Gasteiger partial charge in [-0.05, 0) is 25.5 Å². The van der Waals surface area contributed by atoms with Gasteiger partial charge < -0.3 is 5.73 Å². The minimum atomic E-state index is -0.512. The molecule has 0 saturated heterocycles. The van der Waals surface area contributed by atoms with E-state index in [1.54, 1.807) is 13.0 Å². The number of nitrogen functional groups attached to an aromatic ring is 1. The Hall–Kier alpha value is -1.38. The highest BCUT2D eigenvalue weighted by Gasteiger charge is 2.12. The van der Waals surface area contributed by atoms with Gasteiger partial charge in [-0.25, -0.2) is 4.39 Å². The van der Waals surface area contributed by atoms with E-state index in [-0.39, 0.29) is 17.0 Å². The van der Waals surface area contributed by atoms with Crippen LogP contribution >= 0.6 is 0 Å². The van der Waals surface area contributed by atoms with Crippen molar-refractivity contribution in [3.05, 3.63) is 29.1 Å². The van der Waals surface area contributed by atoms with Gasteiger partial charge in [0.15, 0.2) is 5.78 Å². The van der Waals surface area contributed by atoms with Gasteiger partial charge in [-0.15, -0.1) is 0 Å². The molecule has 0 amide bonds. The molecule has 0 aliphatic rings. The van der Waals surface area contributed by atoms with E-state index in [1.165, 1.54) is 13.0 Å². The van der Waals surface area contributed by atoms with Crippen LogP contribution in [0.4, 0.5) is 10.1 Å². The molecular formula is C9H10FNO. The first-order valence-electron chi connectivity index (χ1n) is 3.59. The lowest BCUT2D eigenvalue weighted by atomic mass is 10.1. The fourth-order valence-corrected chi connectivity index (χ4v) is 1.05. The smallest absolute Gasteiger partial charge is 0.164 e. The molecule has 0 unspecified atom stereocenters. The van der Waals surface area contributed by atoms with Crippen molar-refractivity contribution in [2.24, 2.45) is 0 Å². The third-order valence-corrected chi connectivity index (χ3v) is 1.72. The number of halogens is 1. The number of nitrogens with two attached hydrogens (primary N) is 1. The molecule has 2 nitrogen and oxygen atoms in total. The largest absolute Gasteiger partial charge is 0.398 e. The van der Waals surface area contributed by atoms with Gasteiger partial charge >= 0.3 is 0 Å². The van der Waals surface area contributed by atoms with Crippen LogP contribution in [0.15, 0.2) is 12.1 Å². The van der Waals surface area contributed by atoms with Crippen molar-refractivity contribution in [2.75, 3.05) is 5.73 Å². The van der Waals surface area contributed by atoms with Crippen molar-refractivity contribution in [3.8, 4) is 0 Å². The van der Waals surface area contributed by atoms with Crippen molar-refractivity contribution in [3.63, 3.8) is 0 Å². The topological polar surface area (TPSA) is 43.1 Å². The highest BCUT2D eigenvalue weighted by Crippen LogP contribution is 2.19. The lowest BCUT2D eigenvalue weighted by Gasteiger charge is -2.04. The van der Waals surface area contributed by atoms with Crippen molar-refractivity contribution in [2.45, 2.75) is 13.8 Å². The van der Waals surface area contributed by atoms with Crippen LogP contribution in [-0.2, 0) is 0 Å². The van der Waals surface area contributed by atoms with Gasteiger partial charge in [0.25, 0.3) is 0 Å². The Morgan fingerprint density at radius 3 is 2.50 bits per heavy atom. The standard InChI is InChI=1S/C9H10FNO/c1-5-3-4-7(11)8(6(2)12)9(5)10/h3-4H,11H2,1-2H3. The second-order valence-electron chi connectivity index (χ2n) is 2.72. The summed E-state index contributed by atoms with van der Waals surface area (Å²) >= 11 is 0. The highest BCUT2D eigenvalue weighted by atomic mass is 19.1. The number of carbonyl (C=O) groups is 1. The first-order chi connectivity index (χ1) is 5.54. The SMILES string of the molecule is CC(=O)c1c(N)ccc(C)c1F. The molecule has 1 aromatic carbocycles. The Morgan fingerprint density at radius 2 is 2.08 bits per heavy atom. The molecule has 0 spiro atoms. The maximum absolute atomic E-state index is 13.2. The van der Waals surface area contributed by atoms with E-state index in [9.17, 15) is 9.18 Å². The van der Waals surface area contributed by atoms with E-state index in [0.717, 1.165) is 0 Å². The average Bonchev–Trinajstić information content (AvgIpc) is 1.97. The lowest BCUT2D eigenvalue weighted by molar-refractivity contribution is 0.101. The molecule has 64 valence electrons. The lowest BCUT2D eigenvalue weighted by Crippen LogP contribution is -2.04. The predicted molar refractivity (Wildman–Crippen MR) is 45.6 cm³/mol. The van der Waals surface area contributed by atoms with Gasteiger partial charge in [-0.2, -0.15) is 0 Å². The minimum Gasteiger partial charge on any atom is -0.398 e. The van der Waals surface area contributed by atoms with Gasteiger partial charge in [-0.1, -0.05) is 6.07 Å². The van der Waals surface area contributed by atoms with Crippen LogP contribution < -0.4 is 5.73 Å². The summed E-state index contributed by atoms with van der Waals surface area (Å²) in [6, 6.07) is 3.09. The summed E-state index contributed by atoms with van der Waals surface area (Å²) in [5.74, 6) is -0.851. The van der Waals surface area contributed by atoms with Crippen LogP contribution in [0.1, 0.15) is 22.8 Å². The summed E-state index contributed by atoms with van der Waals surface area (Å²) in [6.45, 7) is 2.90. The van der Waals surface area contributed by atoms with Crippen LogP contribution in [-0.4, -0.2) is 5.78 Å². The number of ketones is 1. The number of aryl methyl sites for hydroxylation is 1. The molecule has 0 bridgehead atoms. The van der Waals surface area contributed by atoms with E-state index < -0.39 is 5.82 Å². The summed E-state index contributed by atoms with van der Waals surface area (Å²) in [7, 11) is 0. The number of rotatable bonds is 1. The maximum atomic E-state index is 13.2. The Morgan fingerprint density at radius 1 is 1.50 bits per heavy atom. The molecule has 0 saturated carbocycles. The van der Waals surface area contributed by atoms with Crippen molar-refractivity contribution in [1.82, 2.24) is 0 Å². The third kappa shape index (κ3) is 1.30. The van der Waals surface area contributed by atoms with Gasteiger partial charge in [-0.3, -0.25) is 4.79 Å². The molecule has 0 aliphatic heterocycles. The zero-order valence-corrected chi connectivity index (χ0v) is 7.02. The molecule has 0 radical (unpaired) electrons. The Kier molecular flexibility index (Phi) is 2.13. The second kappa shape index (κ2) is 2.93. The Balaban J connectivity index is 3.43. The van der Waals surface area contributed by atoms with Crippen LogP contribution in [0.5, 0.6) is 0 Å². The normalized spacial score (nSPS) is 9.92. The summed E-state index contributed by atoms with van der Waals surface area (Å²) in [5, 5.41) is 0. The first-order valence-corrected chi connectivity index (χ1v) is 3.59. The fraction of sp³-hybridized carbons (Fsp3) is 0.222. The number of carbonyl (C=O) groups excluding carboxylic acids is 1. The van der Waals surface area contributed by atoms with Gasteiger partial charge in [0, 0.05) is 5.69 Å². The monoisotopic (exact) mass is 167 g/mol. The fourth-order valence-electron chi connectivity index (χ4n) is 1.05. The van der Waals surface area contributed by atoms with Crippen LogP contribution in [0, 0.1) is 12.7 Å². The molecule has 0 atom stereocenters. The van der Waals surface area contributed by atoms with Gasteiger partial charge in [0.05, 0.1) is 5.56 Å². The number of Topliss-reactive ketones (excluding diaryl/α,β-unsaturated/α-hetero) is 1. The van der Waals surface area contributed by atoms with Crippen LogP contribution in [0.25, 0.3) is 0 Å². The van der Waals surface area contributed by atoms with Crippen molar-refractivity contribution in [1.29, 1.82) is 0 Å². The van der Waals surface area contributed by atoms with Crippen molar-refractivity contribution < 1.29 is 9.18 Å². The number of hydrogen-bond acceptors (Lipinski definition) is 2. The van der Waals surface area contributed by atoms with Crippen LogP contribution in [0.3, 0.4) is 0 Å². The summed E-state index contributed by atoms with van der Waals surface area (Å²) in [5.41, 5.74) is 6.06. The van der Waals surface area contributed by atoms with E-state index in [0.29, 0.717) is 5.56 Å². The average molecular weight is 167 g/mol. The molecule has 0 aromatic heterocycles. The van der Waals surface area contributed by atoms with E-state index >= 15 is 0 Å². The molecule has 2 N–H and O–H groups in total. The van der Waals surface area contributed by atoms with Gasteiger partial charge in [0.2, 0.25) is 0 Å². The highest BCUT2D eigenvalue weighted by molar-refractivity contribution is 5.99. The second-order valence-corrected chi connectivity index (χ2v) is 2.72. The van der Waals surface area contributed by atoms with Gasteiger partial charge in [0.1, 0.15) is 5.82 Å². The molecule has 0 fully saturated rings. The minimum absolute atomic E-state index is 0.00463. The number of benzene rings is 1. The first kappa shape index (κ1) is 8.71. The zero-order valence-electron chi connectivity index (χ0n) is 7.02. The summed E-state index contributed by atoms with van der Waals surface area (Å²) in [6.07, 6.45) is 0. The Labute approximate surface area is 70.2 Å². The molecule has 3 heteroatoms. The molecule has 0 heterocycles. The molecule has 12 heavy (non-hydrogen) atoms. The van der Waals surface area contributed by atoms with E-state index in [2.05, 4.69) is 0 Å². The Bertz CT molecular complexity index is 334.